The Kier molecular flexibility index (Phi) is 10.1. The Hall–Kier alpha value is -3.26. The number of nitrogens with one attached hydrogen (secondary N) is 1. The second kappa shape index (κ2) is 13.7. The maximum absolute atomic E-state index is 13.0. The number of ether oxygens (including phenoxy) is 3. The molecule has 1 saturated heterocycles. The number of hydrogen-bond acceptors (Lipinski definition) is 11. The van der Waals surface area contributed by atoms with Crippen LogP contribution in [0.15, 0.2) is 35.5 Å². The average molecular weight is 574 g/mol. The number of aromatic nitrogens is 3. The van der Waals surface area contributed by atoms with Crippen LogP contribution in [0.2, 0.25) is 0 Å². The van der Waals surface area contributed by atoms with E-state index >= 15 is 0 Å². The molecule has 1 amide bonds. The molecule has 0 radical (unpaired) electrons. The highest BCUT2D eigenvalue weighted by Gasteiger charge is 2.27. The Morgan fingerprint density at radius 1 is 1.05 bits per heavy atom. The molecule has 2 aromatic heterocycles. The summed E-state index contributed by atoms with van der Waals surface area (Å²) >= 11 is 2.23. The number of morpholine rings is 1. The second-order valence-corrected chi connectivity index (χ2v) is 10.5. The normalized spacial score (nSPS) is 13.7. The van der Waals surface area contributed by atoms with Crippen molar-refractivity contribution < 1.29 is 28.6 Å². The smallest absolute Gasteiger partial charge is 0.348 e. The van der Waals surface area contributed by atoms with E-state index < -0.39 is 11.9 Å². The highest BCUT2D eigenvalue weighted by molar-refractivity contribution is 7.99. The zero-order valence-corrected chi connectivity index (χ0v) is 23.7. The minimum Gasteiger partial charge on any atom is -0.462 e. The predicted octanol–water partition coefficient (Wildman–Crippen LogP) is 3.55. The molecule has 3 heterocycles. The van der Waals surface area contributed by atoms with E-state index in [1.54, 1.807) is 20.8 Å². The summed E-state index contributed by atoms with van der Waals surface area (Å²) in [5.74, 6) is -0.746. The molecule has 208 valence electrons. The summed E-state index contributed by atoms with van der Waals surface area (Å²) in [5.41, 5.74) is 1.46. The summed E-state index contributed by atoms with van der Waals surface area (Å²) in [6.45, 7) is 8.96. The minimum absolute atomic E-state index is 0.0104. The minimum atomic E-state index is -0.610. The van der Waals surface area contributed by atoms with Gasteiger partial charge in [0.15, 0.2) is 11.0 Å². The zero-order valence-electron chi connectivity index (χ0n) is 22.1. The average Bonchev–Trinajstić information content (AvgIpc) is 3.48. The monoisotopic (exact) mass is 573 g/mol. The molecule has 0 bridgehead atoms. The first-order valence-corrected chi connectivity index (χ1v) is 14.4. The summed E-state index contributed by atoms with van der Waals surface area (Å²) in [4.78, 5) is 40.6. The van der Waals surface area contributed by atoms with Crippen LogP contribution < -0.4 is 5.32 Å². The van der Waals surface area contributed by atoms with Gasteiger partial charge >= 0.3 is 11.9 Å². The standard InChI is InChI=1S/C26H31N5O6S2/c1-4-36-24(33)21-17(3)22(25(34)37-5-2)39-23(21)27-20(32)16-38-26-29-28-19(15-30-11-13-35-14-12-30)31(26)18-9-7-6-8-10-18/h6-10H,4-5,11-16H2,1-3H3,(H,27,32). The van der Waals surface area contributed by atoms with Crippen LogP contribution in [0.5, 0.6) is 0 Å². The number of para-hydroxylation sites is 1. The Balaban J connectivity index is 1.52. The highest BCUT2D eigenvalue weighted by Crippen LogP contribution is 2.34. The summed E-state index contributed by atoms with van der Waals surface area (Å²) in [7, 11) is 0. The molecule has 1 aliphatic heterocycles. The molecule has 3 aromatic rings. The second-order valence-electron chi connectivity index (χ2n) is 8.50. The Bertz CT molecular complexity index is 1300. The van der Waals surface area contributed by atoms with Crippen molar-refractivity contribution in [1.29, 1.82) is 0 Å². The SMILES string of the molecule is CCOC(=O)c1sc(NC(=O)CSc2nnc(CN3CCOCC3)n2-c2ccccc2)c(C(=O)OCC)c1C. The molecule has 13 heteroatoms. The largest absolute Gasteiger partial charge is 0.462 e. The van der Waals surface area contributed by atoms with Gasteiger partial charge in [-0.25, -0.2) is 9.59 Å². The van der Waals surface area contributed by atoms with Crippen LogP contribution in [0.3, 0.4) is 0 Å². The van der Waals surface area contributed by atoms with Gasteiger partial charge in [-0.2, -0.15) is 0 Å². The maximum atomic E-state index is 13.0. The number of nitrogens with zero attached hydrogens (tertiary/aromatic N) is 4. The molecule has 1 fully saturated rings. The lowest BCUT2D eigenvalue weighted by atomic mass is 10.1. The summed E-state index contributed by atoms with van der Waals surface area (Å²) in [6.07, 6.45) is 0. The van der Waals surface area contributed by atoms with Gasteiger partial charge < -0.3 is 19.5 Å². The fourth-order valence-corrected chi connectivity index (χ4v) is 5.90. The van der Waals surface area contributed by atoms with Crippen LogP contribution in [-0.2, 0) is 25.5 Å². The van der Waals surface area contributed by atoms with Crippen molar-refractivity contribution in [1.82, 2.24) is 19.7 Å². The molecular formula is C26H31N5O6S2. The van der Waals surface area contributed by atoms with Gasteiger partial charge in [-0.15, -0.1) is 21.5 Å². The molecule has 0 unspecified atom stereocenters. The number of thioether (sulfide) groups is 1. The van der Waals surface area contributed by atoms with E-state index in [2.05, 4.69) is 20.4 Å². The number of anilines is 1. The van der Waals surface area contributed by atoms with Crippen LogP contribution in [0.4, 0.5) is 5.00 Å². The maximum Gasteiger partial charge on any atom is 0.348 e. The third-order valence-electron chi connectivity index (χ3n) is 5.86. The molecule has 1 aliphatic rings. The number of esters is 2. The lowest BCUT2D eigenvalue weighted by Gasteiger charge is -2.26. The zero-order chi connectivity index (χ0) is 27.8. The molecule has 0 spiro atoms. The third-order valence-corrected chi connectivity index (χ3v) is 7.97. The molecule has 0 atom stereocenters. The van der Waals surface area contributed by atoms with Crippen molar-refractivity contribution in [3.8, 4) is 5.69 Å². The molecule has 0 saturated carbocycles. The number of benzene rings is 1. The van der Waals surface area contributed by atoms with Crippen molar-refractivity contribution in [3.05, 3.63) is 52.2 Å². The molecule has 39 heavy (non-hydrogen) atoms. The van der Waals surface area contributed by atoms with Gasteiger partial charge in [0.25, 0.3) is 0 Å². The van der Waals surface area contributed by atoms with Crippen molar-refractivity contribution >= 4 is 45.9 Å². The number of rotatable bonds is 11. The van der Waals surface area contributed by atoms with Gasteiger partial charge in [-0.05, 0) is 38.5 Å². The van der Waals surface area contributed by atoms with E-state index in [1.165, 1.54) is 11.8 Å². The first kappa shape index (κ1) is 28.7. The molecule has 1 N–H and O–H groups in total. The van der Waals surface area contributed by atoms with E-state index in [0.717, 1.165) is 35.9 Å². The van der Waals surface area contributed by atoms with Gasteiger partial charge in [-0.3, -0.25) is 14.3 Å². The molecule has 4 rings (SSSR count). The van der Waals surface area contributed by atoms with Gasteiger partial charge in [0.2, 0.25) is 5.91 Å². The first-order chi connectivity index (χ1) is 18.9. The summed E-state index contributed by atoms with van der Waals surface area (Å²) in [6, 6.07) is 9.74. The van der Waals surface area contributed by atoms with Crippen molar-refractivity contribution in [2.45, 2.75) is 32.5 Å². The Labute approximate surface area is 234 Å². The fraction of sp³-hybridized carbons (Fsp3) is 0.423. The third kappa shape index (κ3) is 7.04. The van der Waals surface area contributed by atoms with Crippen LogP contribution in [-0.4, -0.2) is 82.8 Å². The molecule has 11 nitrogen and oxygen atoms in total. The molecule has 0 aliphatic carbocycles. The van der Waals surface area contributed by atoms with Crippen molar-refractivity contribution in [2.75, 3.05) is 50.6 Å². The summed E-state index contributed by atoms with van der Waals surface area (Å²) < 4.78 is 17.7. The van der Waals surface area contributed by atoms with Crippen molar-refractivity contribution in [3.63, 3.8) is 0 Å². The van der Waals surface area contributed by atoms with Crippen LogP contribution in [0.25, 0.3) is 5.69 Å². The topological polar surface area (TPSA) is 125 Å². The Morgan fingerprint density at radius 3 is 2.44 bits per heavy atom. The van der Waals surface area contributed by atoms with E-state index in [0.29, 0.717) is 30.5 Å². The van der Waals surface area contributed by atoms with E-state index in [4.69, 9.17) is 14.2 Å². The first-order valence-electron chi connectivity index (χ1n) is 12.6. The lowest BCUT2D eigenvalue weighted by Crippen LogP contribution is -2.36. The summed E-state index contributed by atoms with van der Waals surface area (Å²) in [5, 5.41) is 12.4. The van der Waals surface area contributed by atoms with Crippen LogP contribution in [0.1, 0.15) is 45.3 Å². The fourth-order valence-electron chi connectivity index (χ4n) is 4.03. The molecule has 1 aromatic carbocycles. The van der Waals surface area contributed by atoms with Gasteiger partial charge in [0.1, 0.15) is 9.88 Å². The number of hydrogen-bond donors (Lipinski definition) is 1. The van der Waals surface area contributed by atoms with Crippen LogP contribution >= 0.6 is 23.1 Å². The highest BCUT2D eigenvalue weighted by atomic mass is 32.2. The number of carbonyl (C=O) groups is 3. The Morgan fingerprint density at radius 2 is 1.74 bits per heavy atom. The number of thiophene rings is 1. The van der Waals surface area contributed by atoms with Crippen molar-refractivity contribution in [2.24, 2.45) is 0 Å². The van der Waals surface area contributed by atoms with Gasteiger partial charge in [0, 0.05) is 18.8 Å². The number of carbonyl (C=O) groups excluding carboxylic acids is 3. The van der Waals surface area contributed by atoms with Crippen LogP contribution in [0, 0.1) is 6.92 Å². The molecular weight excluding hydrogens is 542 g/mol. The van der Waals surface area contributed by atoms with E-state index in [1.807, 2.05) is 34.9 Å². The van der Waals surface area contributed by atoms with E-state index in [9.17, 15) is 14.4 Å². The van der Waals surface area contributed by atoms with E-state index in [-0.39, 0.29) is 40.3 Å². The number of amides is 1. The lowest BCUT2D eigenvalue weighted by molar-refractivity contribution is -0.113. The van der Waals surface area contributed by atoms with Gasteiger partial charge in [-0.1, -0.05) is 30.0 Å². The quantitative estimate of drug-likeness (QED) is 0.269. The predicted molar refractivity (Wildman–Crippen MR) is 148 cm³/mol. The van der Waals surface area contributed by atoms with Gasteiger partial charge in [0.05, 0.1) is 44.3 Å².